The van der Waals surface area contributed by atoms with Crippen LogP contribution in [-0.2, 0) is 16.1 Å². The number of amides is 1. The zero-order chi connectivity index (χ0) is 16.8. The van der Waals surface area contributed by atoms with Crippen molar-refractivity contribution in [3.8, 4) is 0 Å². The van der Waals surface area contributed by atoms with Crippen LogP contribution in [0.3, 0.4) is 0 Å². The van der Waals surface area contributed by atoms with Crippen LogP contribution in [0.5, 0.6) is 0 Å². The maximum atomic E-state index is 12.3. The molecule has 1 saturated heterocycles. The van der Waals surface area contributed by atoms with Gasteiger partial charge in [-0.15, -0.1) is 0 Å². The van der Waals surface area contributed by atoms with Crippen molar-refractivity contribution in [3.05, 3.63) is 30.1 Å². The number of aromatic nitrogens is 1. The fourth-order valence-corrected chi connectivity index (χ4v) is 2.96. The molecule has 23 heavy (non-hydrogen) atoms. The van der Waals surface area contributed by atoms with E-state index in [1.807, 2.05) is 24.1 Å². The van der Waals surface area contributed by atoms with Gasteiger partial charge in [-0.1, -0.05) is 0 Å². The summed E-state index contributed by atoms with van der Waals surface area (Å²) in [6.45, 7) is 7.14. The summed E-state index contributed by atoms with van der Waals surface area (Å²) in [5.74, 6) is 0.0409. The molecule has 0 unspecified atom stereocenters. The van der Waals surface area contributed by atoms with E-state index >= 15 is 0 Å². The normalized spacial score (nSPS) is 22.0. The molecule has 0 aliphatic carbocycles. The lowest BCUT2D eigenvalue weighted by atomic mass is 10.2. The number of likely N-dealkylation sites (tertiary alicyclic amines) is 1. The molecule has 0 spiro atoms. The Morgan fingerprint density at radius 2 is 2.13 bits per heavy atom. The molecule has 2 rings (SSSR count). The van der Waals surface area contributed by atoms with Crippen LogP contribution in [0.15, 0.2) is 24.5 Å². The molecule has 1 fully saturated rings. The quantitative estimate of drug-likeness (QED) is 0.803. The molecule has 0 saturated carbocycles. The number of ether oxygens (including phenoxy) is 1. The Labute approximate surface area is 138 Å². The predicted molar refractivity (Wildman–Crippen MR) is 90.0 cm³/mol. The highest BCUT2D eigenvalue weighted by molar-refractivity contribution is 5.78. The monoisotopic (exact) mass is 320 g/mol. The highest BCUT2D eigenvalue weighted by Crippen LogP contribution is 2.15. The van der Waals surface area contributed by atoms with E-state index < -0.39 is 0 Å². The molecule has 6 nitrogen and oxygen atoms in total. The van der Waals surface area contributed by atoms with E-state index in [1.54, 1.807) is 19.5 Å². The van der Waals surface area contributed by atoms with Gasteiger partial charge < -0.3 is 10.1 Å². The Morgan fingerprint density at radius 1 is 1.43 bits per heavy atom. The molecule has 1 aliphatic rings. The molecule has 6 heteroatoms. The number of likely N-dealkylation sites (N-methyl/N-ethyl adjacent to an activating group) is 1. The van der Waals surface area contributed by atoms with Crippen molar-refractivity contribution in [2.45, 2.75) is 38.6 Å². The van der Waals surface area contributed by atoms with Crippen LogP contribution in [0, 0.1) is 0 Å². The zero-order valence-corrected chi connectivity index (χ0v) is 14.5. The van der Waals surface area contributed by atoms with Gasteiger partial charge in [0.2, 0.25) is 5.91 Å². The van der Waals surface area contributed by atoms with Crippen molar-refractivity contribution >= 4 is 5.91 Å². The van der Waals surface area contributed by atoms with Gasteiger partial charge in [0.1, 0.15) is 0 Å². The number of pyridine rings is 1. The molecule has 0 aromatic carbocycles. The molecule has 1 aromatic rings. The first-order valence-corrected chi connectivity index (χ1v) is 8.13. The molecular formula is C17H28N4O2. The van der Waals surface area contributed by atoms with Crippen LogP contribution in [-0.4, -0.2) is 72.7 Å². The van der Waals surface area contributed by atoms with Gasteiger partial charge in [-0.2, -0.15) is 0 Å². The van der Waals surface area contributed by atoms with Crippen LogP contribution < -0.4 is 5.32 Å². The van der Waals surface area contributed by atoms with E-state index in [0.29, 0.717) is 12.6 Å². The number of nitrogens with zero attached hydrogens (tertiary/aromatic N) is 3. The van der Waals surface area contributed by atoms with Gasteiger partial charge in [0.25, 0.3) is 0 Å². The summed E-state index contributed by atoms with van der Waals surface area (Å²) < 4.78 is 5.53. The molecule has 0 radical (unpaired) electrons. The van der Waals surface area contributed by atoms with Crippen molar-refractivity contribution in [2.75, 3.05) is 33.8 Å². The molecule has 1 N–H and O–H groups in total. The van der Waals surface area contributed by atoms with Crippen LogP contribution in [0.2, 0.25) is 0 Å². The minimum Gasteiger partial charge on any atom is -0.378 e. The second-order valence-corrected chi connectivity index (χ2v) is 6.52. The van der Waals surface area contributed by atoms with Crippen LogP contribution in [0.25, 0.3) is 0 Å². The minimum absolute atomic E-state index is 0.0409. The second-order valence-electron chi connectivity index (χ2n) is 6.52. The molecule has 2 heterocycles. The van der Waals surface area contributed by atoms with E-state index in [1.165, 1.54) is 0 Å². The number of hydrogen-bond donors (Lipinski definition) is 1. The molecule has 1 aromatic heterocycles. The Kier molecular flexibility index (Phi) is 6.50. The summed E-state index contributed by atoms with van der Waals surface area (Å²) >= 11 is 0. The average molecular weight is 320 g/mol. The number of hydrogen-bond acceptors (Lipinski definition) is 5. The predicted octanol–water partition coefficient (Wildman–Crippen LogP) is 0.737. The van der Waals surface area contributed by atoms with Gasteiger partial charge in [-0.25, -0.2) is 0 Å². The highest BCUT2D eigenvalue weighted by atomic mass is 16.5. The SMILES string of the molecule is CO[C@H]1CN(C(C)C)C[C@@H]1NC(=O)CN(C)Cc1ccncc1. The fraction of sp³-hybridized carbons (Fsp3) is 0.647. The zero-order valence-electron chi connectivity index (χ0n) is 14.5. The van der Waals surface area contributed by atoms with Crippen LogP contribution in [0.1, 0.15) is 19.4 Å². The number of nitrogens with one attached hydrogen (secondary N) is 1. The van der Waals surface area contributed by atoms with E-state index in [2.05, 4.69) is 29.0 Å². The smallest absolute Gasteiger partial charge is 0.234 e. The van der Waals surface area contributed by atoms with E-state index in [4.69, 9.17) is 4.74 Å². The third kappa shape index (κ3) is 5.27. The summed E-state index contributed by atoms with van der Waals surface area (Å²) in [5.41, 5.74) is 1.15. The summed E-state index contributed by atoms with van der Waals surface area (Å²) in [6.07, 6.45) is 3.60. The lowest BCUT2D eigenvalue weighted by molar-refractivity contribution is -0.123. The van der Waals surface area contributed by atoms with Crippen molar-refractivity contribution in [1.29, 1.82) is 0 Å². The van der Waals surface area contributed by atoms with Gasteiger partial charge >= 0.3 is 0 Å². The topological polar surface area (TPSA) is 57.7 Å². The lowest BCUT2D eigenvalue weighted by Crippen LogP contribution is -2.47. The van der Waals surface area contributed by atoms with E-state index in [-0.39, 0.29) is 18.1 Å². The van der Waals surface area contributed by atoms with Gasteiger partial charge in [0, 0.05) is 45.2 Å². The summed E-state index contributed by atoms with van der Waals surface area (Å²) in [6, 6.07) is 4.45. The molecule has 128 valence electrons. The fourth-order valence-electron chi connectivity index (χ4n) is 2.96. The van der Waals surface area contributed by atoms with Crippen molar-refractivity contribution in [2.24, 2.45) is 0 Å². The summed E-state index contributed by atoms with van der Waals surface area (Å²) in [5, 5.41) is 3.12. The Hall–Kier alpha value is -1.50. The Morgan fingerprint density at radius 3 is 2.74 bits per heavy atom. The largest absolute Gasteiger partial charge is 0.378 e. The third-order valence-corrected chi connectivity index (χ3v) is 4.29. The number of carbonyl (C=O) groups is 1. The first kappa shape index (κ1) is 17.8. The molecule has 1 aliphatic heterocycles. The first-order chi connectivity index (χ1) is 11.0. The van der Waals surface area contributed by atoms with Crippen molar-refractivity contribution < 1.29 is 9.53 Å². The van der Waals surface area contributed by atoms with Gasteiger partial charge in [0.15, 0.2) is 0 Å². The van der Waals surface area contributed by atoms with Crippen molar-refractivity contribution in [3.63, 3.8) is 0 Å². The first-order valence-electron chi connectivity index (χ1n) is 8.13. The Balaban J connectivity index is 1.81. The molecule has 2 atom stereocenters. The average Bonchev–Trinajstić information content (AvgIpc) is 2.91. The highest BCUT2D eigenvalue weighted by Gasteiger charge is 2.34. The summed E-state index contributed by atoms with van der Waals surface area (Å²) in [7, 11) is 3.66. The maximum Gasteiger partial charge on any atom is 0.234 e. The van der Waals surface area contributed by atoms with Gasteiger partial charge in [-0.05, 0) is 38.6 Å². The number of rotatable bonds is 7. The number of carbonyl (C=O) groups excluding carboxylic acids is 1. The summed E-state index contributed by atoms with van der Waals surface area (Å²) in [4.78, 5) is 20.6. The Bertz CT molecular complexity index is 495. The van der Waals surface area contributed by atoms with Gasteiger partial charge in [-0.3, -0.25) is 19.6 Å². The van der Waals surface area contributed by atoms with Crippen LogP contribution in [0.4, 0.5) is 0 Å². The maximum absolute atomic E-state index is 12.3. The third-order valence-electron chi connectivity index (χ3n) is 4.29. The van der Waals surface area contributed by atoms with E-state index in [9.17, 15) is 4.79 Å². The van der Waals surface area contributed by atoms with Crippen molar-refractivity contribution in [1.82, 2.24) is 20.1 Å². The second kappa shape index (κ2) is 8.38. The number of methoxy groups -OCH3 is 1. The lowest BCUT2D eigenvalue weighted by Gasteiger charge is -2.22. The molecule has 0 bridgehead atoms. The van der Waals surface area contributed by atoms with E-state index in [0.717, 1.165) is 25.2 Å². The minimum atomic E-state index is 0.0409. The molecular weight excluding hydrogens is 292 g/mol. The standard InChI is InChI=1S/C17H28N4O2/c1-13(2)21-10-15(16(11-21)23-4)19-17(22)12-20(3)9-14-5-7-18-8-6-14/h5-8,13,15-16H,9-12H2,1-4H3,(H,19,22)/t15-,16-/m0/s1. The van der Waals surface area contributed by atoms with Gasteiger partial charge in [0.05, 0.1) is 18.7 Å². The molecule has 1 amide bonds. The van der Waals surface area contributed by atoms with Crippen LogP contribution >= 0.6 is 0 Å².